The predicted octanol–water partition coefficient (Wildman–Crippen LogP) is 3.70. The van der Waals surface area contributed by atoms with E-state index in [0.717, 1.165) is 42.0 Å². The fraction of sp³-hybridized carbons (Fsp3) is 0.348. The number of benzene rings is 2. The van der Waals surface area contributed by atoms with E-state index in [1.54, 1.807) is 14.2 Å². The Balaban J connectivity index is 1.43. The Labute approximate surface area is 175 Å². The highest BCUT2D eigenvalue weighted by molar-refractivity contribution is 5.79. The van der Waals surface area contributed by atoms with Crippen LogP contribution in [0.4, 0.5) is 0 Å². The van der Waals surface area contributed by atoms with Crippen molar-refractivity contribution in [2.75, 3.05) is 27.3 Å². The van der Waals surface area contributed by atoms with Crippen molar-refractivity contribution in [1.29, 1.82) is 0 Å². The van der Waals surface area contributed by atoms with Gasteiger partial charge in [-0.1, -0.05) is 29.4 Å². The first kappa shape index (κ1) is 19.9. The number of carbonyl (C=O) groups excluding carboxylic acids is 1. The lowest BCUT2D eigenvalue weighted by Crippen LogP contribution is -2.40. The molecule has 0 radical (unpaired) electrons. The Kier molecular flexibility index (Phi) is 5.97. The molecule has 1 saturated heterocycles. The van der Waals surface area contributed by atoms with Crippen LogP contribution in [0.15, 0.2) is 53.1 Å². The number of rotatable bonds is 6. The van der Waals surface area contributed by atoms with Gasteiger partial charge in [0.25, 0.3) is 0 Å². The zero-order chi connectivity index (χ0) is 20.9. The molecule has 1 aliphatic rings. The fourth-order valence-corrected chi connectivity index (χ4v) is 3.75. The lowest BCUT2D eigenvalue weighted by atomic mass is 9.97. The Morgan fingerprint density at radius 1 is 1.13 bits per heavy atom. The Hall–Kier alpha value is -3.35. The van der Waals surface area contributed by atoms with Gasteiger partial charge in [-0.15, -0.1) is 0 Å². The van der Waals surface area contributed by atoms with Crippen LogP contribution in [0.3, 0.4) is 0 Å². The quantitative estimate of drug-likeness (QED) is 0.620. The summed E-state index contributed by atoms with van der Waals surface area (Å²) in [5.41, 5.74) is 1.78. The minimum absolute atomic E-state index is 0.0415. The Bertz CT molecular complexity index is 1020. The van der Waals surface area contributed by atoms with Crippen LogP contribution in [0, 0.1) is 0 Å². The monoisotopic (exact) mass is 407 g/mol. The van der Waals surface area contributed by atoms with Crippen molar-refractivity contribution >= 4 is 5.91 Å². The third-order valence-electron chi connectivity index (χ3n) is 5.38. The van der Waals surface area contributed by atoms with Gasteiger partial charge in [0.05, 0.1) is 26.6 Å². The highest BCUT2D eigenvalue weighted by atomic mass is 16.5. The van der Waals surface area contributed by atoms with Gasteiger partial charge in [0.2, 0.25) is 17.6 Å². The van der Waals surface area contributed by atoms with Crippen LogP contribution in [0.2, 0.25) is 0 Å². The van der Waals surface area contributed by atoms with E-state index in [1.807, 2.05) is 53.4 Å². The second-order valence-corrected chi connectivity index (χ2v) is 7.40. The summed E-state index contributed by atoms with van der Waals surface area (Å²) < 4.78 is 16.1. The molecular formula is C23H25N3O4. The van der Waals surface area contributed by atoms with Gasteiger partial charge >= 0.3 is 0 Å². The number of piperidine rings is 1. The number of likely N-dealkylation sites (tertiary alicyclic amines) is 1. The molecule has 1 atom stereocenters. The van der Waals surface area contributed by atoms with Crippen molar-refractivity contribution in [2.24, 2.45) is 0 Å². The van der Waals surface area contributed by atoms with Crippen molar-refractivity contribution in [3.8, 4) is 22.9 Å². The highest BCUT2D eigenvalue weighted by Gasteiger charge is 2.28. The molecule has 4 rings (SSSR count). The van der Waals surface area contributed by atoms with Gasteiger partial charge in [-0.05, 0) is 42.7 Å². The largest absolute Gasteiger partial charge is 0.497 e. The molecule has 156 valence electrons. The summed E-state index contributed by atoms with van der Waals surface area (Å²) in [7, 11) is 3.25. The second-order valence-electron chi connectivity index (χ2n) is 7.40. The summed E-state index contributed by atoms with van der Waals surface area (Å²) in [6.45, 7) is 1.33. The van der Waals surface area contributed by atoms with E-state index < -0.39 is 0 Å². The zero-order valence-electron chi connectivity index (χ0n) is 17.2. The lowest BCUT2D eigenvalue weighted by molar-refractivity contribution is -0.131. The van der Waals surface area contributed by atoms with Gasteiger partial charge < -0.3 is 18.9 Å². The molecule has 2 aromatic carbocycles. The molecule has 1 aromatic heterocycles. The number of methoxy groups -OCH3 is 2. The third kappa shape index (κ3) is 4.45. The van der Waals surface area contributed by atoms with E-state index in [2.05, 4.69) is 10.1 Å². The highest BCUT2D eigenvalue weighted by Crippen LogP contribution is 2.29. The standard InChI is InChI=1S/C23H25N3O4/c1-28-19-9-3-6-16(12-19)13-21(27)26-11-5-8-18(15-26)23-24-22(25-30-23)17-7-4-10-20(14-17)29-2/h3-4,6-7,9-10,12,14,18H,5,8,11,13,15H2,1-2H3. The smallest absolute Gasteiger partial charge is 0.231 e. The van der Waals surface area contributed by atoms with Gasteiger partial charge in [-0.3, -0.25) is 4.79 Å². The lowest BCUT2D eigenvalue weighted by Gasteiger charge is -2.31. The minimum Gasteiger partial charge on any atom is -0.497 e. The van der Waals surface area contributed by atoms with Crippen molar-refractivity contribution in [3.05, 3.63) is 60.0 Å². The van der Waals surface area contributed by atoms with Crippen LogP contribution in [-0.4, -0.2) is 48.3 Å². The van der Waals surface area contributed by atoms with E-state index in [9.17, 15) is 4.79 Å². The summed E-state index contributed by atoms with van der Waals surface area (Å²) in [6, 6.07) is 15.2. The summed E-state index contributed by atoms with van der Waals surface area (Å²) >= 11 is 0. The van der Waals surface area contributed by atoms with Crippen molar-refractivity contribution < 1.29 is 18.8 Å². The summed E-state index contributed by atoms with van der Waals surface area (Å²) in [4.78, 5) is 19.3. The number of ether oxygens (including phenoxy) is 2. The van der Waals surface area contributed by atoms with Crippen LogP contribution in [0.25, 0.3) is 11.4 Å². The molecular weight excluding hydrogens is 382 g/mol. The topological polar surface area (TPSA) is 77.7 Å². The summed E-state index contributed by atoms with van der Waals surface area (Å²) in [5, 5.41) is 4.13. The van der Waals surface area contributed by atoms with E-state index in [4.69, 9.17) is 14.0 Å². The molecule has 1 aliphatic heterocycles. The molecule has 0 spiro atoms. The normalized spacial score (nSPS) is 16.3. The molecule has 0 saturated carbocycles. The first-order valence-electron chi connectivity index (χ1n) is 10.0. The maximum Gasteiger partial charge on any atom is 0.231 e. The average molecular weight is 407 g/mol. The average Bonchev–Trinajstić information content (AvgIpc) is 3.30. The van der Waals surface area contributed by atoms with E-state index in [0.29, 0.717) is 24.7 Å². The van der Waals surface area contributed by atoms with Crippen LogP contribution < -0.4 is 9.47 Å². The van der Waals surface area contributed by atoms with Gasteiger partial charge in [0.15, 0.2) is 0 Å². The first-order valence-corrected chi connectivity index (χ1v) is 10.0. The molecule has 7 heteroatoms. The van der Waals surface area contributed by atoms with E-state index >= 15 is 0 Å². The van der Waals surface area contributed by atoms with Crippen molar-refractivity contribution in [2.45, 2.75) is 25.2 Å². The Morgan fingerprint density at radius 3 is 2.70 bits per heavy atom. The summed E-state index contributed by atoms with van der Waals surface area (Å²) in [5.74, 6) is 2.74. The maximum atomic E-state index is 12.8. The van der Waals surface area contributed by atoms with E-state index in [-0.39, 0.29) is 11.8 Å². The molecule has 30 heavy (non-hydrogen) atoms. The van der Waals surface area contributed by atoms with Gasteiger partial charge in [0.1, 0.15) is 11.5 Å². The molecule has 3 aromatic rings. The van der Waals surface area contributed by atoms with Crippen LogP contribution in [-0.2, 0) is 11.2 Å². The number of carbonyl (C=O) groups is 1. The van der Waals surface area contributed by atoms with Crippen LogP contribution >= 0.6 is 0 Å². The van der Waals surface area contributed by atoms with Gasteiger partial charge in [-0.25, -0.2) is 0 Å². The minimum atomic E-state index is 0.0415. The number of hydrogen-bond acceptors (Lipinski definition) is 6. The molecule has 7 nitrogen and oxygen atoms in total. The van der Waals surface area contributed by atoms with Crippen LogP contribution in [0.5, 0.6) is 11.5 Å². The number of hydrogen-bond donors (Lipinski definition) is 0. The number of aromatic nitrogens is 2. The second kappa shape index (κ2) is 8.98. The van der Waals surface area contributed by atoms with Gasteiger partial charge in [0, 0.05) is 18.7 Å². The molecule has 0 bridgehead atoms. The molecule has 1 unspecified atom stereocenters. The predicted molar refractivity (Wildman–Crippen MR) is 112 cm³/mol. The maximum absolute atomic E-state index is 12.8. The van der Waals surface area contributed by atoms with Crippen molar-refractivity contribution in [3.63, 3.8) is 0 Å². The molecule has 1 amide bonds. The number of nitrogens with zero attached hydrogens (tertiary/aromatic N) is 3. The third-order valence-corrected chi connectivity index (χ3v) is 5.38. The van der Waals surface area contributed by atoms with Gasteiger partial charge in [-0.2, -0.15) is 4.98 Å². The molecule has 2 heterocycles. The van der Waals surface area contributed by atoms with E-state index in [1.165, 1.54) is 0 Å². The first-order chi connectivity index (χ1) is 14.7. The SMILES string of the molecule is COc1cccc(CC(=O)N2CCCC(c3nc(-c4cccc(OC)c4)no3)C2)c1. The molecule has 0 N–H and O–H groups in total. The van der Waals surface area contributed by atoms with Crippen LogP contribution in [0.1, 0.15) is 30.2 Å². The number of amides is 1. The summed E-state index contributed by atoms with van der Waals surface area (Å²) in [6.07, 6.45) is 2.18. The molecule has 0 aliphatic carbocycles. The molecule has 1 fully saturated rings. The fourth-order valence-electron chi connectivity index (χ4n) is 3.75. The Morgan fingerprint density at radius 2 is 1.90 bits per heavy atom. The van der Waals surface area contributed by atoms with Crippen molar-refractivity contribution in [1.82, 2.24) is 15.0 Å². The zero-order valence-corrected chi connectivity index (χ0v) is 17.2.